The van der Waals surface area contributed by atoms with Gasteiger partial charge in [-0.05, 0) is 25.7 Å². The number of quaternary nitrogens is 3. The summed E-state index contributed by atoms with van der Waals surface area (Å²) in [6.07, 6.45) is 5.49. The molecule has 3 N–H and O–H groups in total. The Hall–Kier alpha value is -1.04. The molecule has 0 fully saturated rings. The van der Waals surface area contributed by atoms with Crippen molar-refractivity contribution in [3.8, 4) is 0 Å². The Morgan fingerprint density at radius 3 is 0.984 bits per heavy atom. The van der Waals surface area contributed by atoms with E-state index in [2.05, 4.69) is 0 Å². The molecule has 0 rings (SSSR count). The second-order valence-electron chi connectivity index (χ2n) is 18.7. The minimum atomic E-state index is -3.17. The third kappa shape index (κ3) is 50.2. The Labute approximate surface area is 381 Å². The van der Waals surface area contributed by atoms with Crippen LogP contribution in [0.4, 0.5) is 0 Å². The average Bonchev–Trinajstić information content (AvgIpc) is 3.14. The van der Waals surface area contributed by atoms with Gasteiger partial charge in [0.1, 0.15) is 56.8 Å². The summed E-state index contributed by atoms with van der Waals surface area (Å²) in [6.45, 7) is 12.7. The van der Waals surface area contributed by atoms with Crippen molar-refractivity contribution in [2.24, 2.45) is 0 Å². The lowest BCUT2D eigenvalue weighted by Gasteiger charge is -2.24. The van der Waals surface area contributed by atoms with Gasteiger partial charge in [-0.3, -0.25) is 28.1 Å². The molecule has 376 valence electrons. The molecule has 0 saturated heterocycles. The zero-order chi connectivity index (χ0) is 49.6. The highest BCUT2D eigenvalue weighted by Crippen LogP contribution is 2.45. The quantitative estimate of drug-likeness (QED) is 0.0380. The van der Waals surface area contributed by atoms with Gasteiger partial charge in [0, 0.05) is 58.5 Å². The van der Waals surface area contributed by atoms with Gasteiger partial charge < -0.3 is 55.9 Å². The third-order valence-electron chi connectivity index (χ3n) is 8.57. The topological polar surface area (TPSA) is 218 Å². The number of allylic oxidation sites excluding steroid dienone is 2. The maximum Gasteiger partial charge on any atom is 0.327 e. The molecular formula is C42H91N3O15P3+3. The molecule has 63 heavy (non-hydrogen) atoms. The van der Waals surface area contributed by atoms with E-state index in [0.717, 1.165) is 19.5 Å². The molecule has 6 unspecified atom stereocenters. The first kappa shape index (κ1) is 66.2. The van der Waals surface area contributed by atoms with Crippen molar-refractivity contribution in [1.82, 2.24) is 0 Å². The Bertz CT molecular complexity index is 1360. The summed E-state index contributed by atoms with van der Waals surface area (Å²) >= 11 is 0. The first-order valence-corrected chi connectivity index (χ1v) is 27.9. The highest BCUT2D eigenvalue weighted by atomic mass is 31.2. The standard InChI is InChI=1S/C16H33NO5P.2C13H29NO5P/c1-6-7-8-9-15(18)10-11-16(19)14-22-23(5,20)21-13-12-17(2,3)4;2*1-6-12(15)7-8-13(16)11-19-20(5,17)18-10-9-14(2,3)4/h7-8,16,19H,6,9-14H2,1-5H3;2*13,16H,6-11H2,1-5H3/q3*+1/b8-7-;;. The molecule has 6 atom stereocenters. The molecule has 0 bridgehead atoms. The van der Waals surface area contributed by atoms with E-state index in [9.17, 15) is 43.4 Å². The lowest BCUT2D eigenvalue weighted by atomic mass is 10.1. The molecule has 18 nitrogen and oxygen atoms in total. The monoisotopic (exact) mass is 971 g/mol. The van der Waals surface area contributed by atoms with Crippen LogP contribution >= 0.6 is 22.8 Å². The highest BCUT2D eigenvalue weighted by molar-refractivity contribution is 7.53. The molecule has 0 aliphatic carbocycles. The van der Waals surface area contributed by atoms with E-state index in [1.165, 1.54) is 20.0 Å². The van der Waals surface area contributed by atoms with E-state index in [4.69, 9.17) is 27.1 Å². The maximum atomic E-state index is 12.1. The van der Waals surface area contributed by atoms with Crippen LogP contribution in [0.3, 0.4) is 0 Å². The van der Waals surface area contributed by atoms with Gasteiger partial charge in [0.25, 0.3) is 0 Å². The zero-order valence-electron chi connectivity index (χ0n) is 41.7. The van der Waals surface area contributed by atoms with E-state index in [1.54, 1.807) is 13.8 Å². The average molecular weight is 971 g/mol. The number of Topliss-reactive ketones (excluding diaryl/α,β-unsaturated/α-hetero) is 3. The minimum Gasteiger partial charge on any atom is -0.391 e. The summed E-state index contributed by atoms with van der Waals surface area (Å²) in [7, 11) is 8.67. The van der Waals surface area contributed by atoms with E-state index in [1.807, 2.05) is 82.5 Å². The first-order valence-electron chi connectivity index (χ1n) is 21.9. The van der Waals surface area contributed by atoms with Crippen molar-refractivity contribution < 1.29 is 84.0 Å². The molecule has 0 saturated carbocycles. The predicted octanol–water partition coefficient (Wildman–Crippen LogP) is 5.95. The van der Waals surface area contributed by atoms with Crippen molar-refractivity contribution in [2.45, 2.75) is 103 Å². The lowest BCUT2D eigenvalue weighted by molar-refractivity contribution is -0.870. The van der Waals surface area contributed by atoms with Crippen LogP contribution in [0.25, 0.3) is 0 Å². The summed E-state index contributed by atoms with van der Waals surface area (Å²) in [5.74, 6) is 0.276. The molecule has 0 aromatic rings. The van der Waals surface area contributed by atoms with Gasteiger partial charge in [-0.1, -0.05) is 32.9 Å². The molecule has 0 aromatic heterocycles. The third-order valence-corrected chi connectivity index (χ3v) is 12.4. The number of ketones is 3. The Morgan fingerprint density at radius 1 is 0.476 bits per heavy atom. The fourth-order valence-corrected chi connectivity index (χ4v) is 7.08. The highest BCUT2D eigenvalue weighted by Gasteiger charge is 2.23. The van der Waals surface area contributed by atoms with Gasteiger partial charge in [-0.2, -0.15) is 0 Å². The van der Waals surface area contributed by atoms with Crippen LogP contribution in [0, 0.1) is 0 Å². The van der Waals surface area contributed by atoms with Crippen molar-refractivity contribution in [3.63, 3.8) is 0 Å². The fourth-order valence-electron chi connectivity index (χ4n) is 4.29. The number of nitrogens with zero attached hydrogens (tertiary/aromatic N) is 3. The lowest BCUT2D eigenvalue weighted by Crippen LogP contribution is -2.37. The molecule has 0 aliphatic heterocycles. The fraction of sp³-hybridized carbons (Fsp3) is 0.881. The number of hydrogen-bond acceptors (Lipinski definition) is 15. The van der Waals surface area contributed by atoms with Gasteiger partial charge in [-0.25, -0.2) is 0 Å². The van der Waals surface area contributed by atoms with Gasteiger partial charge in [0.2, 0.25) is 0 Å². The van der Waals surface area contributed by atoms with E-state index >= 15 is 0 Å². The predicted molar refractivity (Wildman–Crippen MR) is 250 cm³/mol. The number of carbonyl (C=O) groups excluding carboxylic acids is 3. The zero-order valence-corrected chi connectivity index (χ0v) is 44.4. The van der Waals surface area contributed by atoms with Crippen molar-refractivity contribution in [1.29, 1.82) is 0 Å². The second-order valence-corrected chi connectivity index (χ2v) is 24.9. The van der Waals surface area contributed by atoms with Gasteiger partial charge in [0.05, 0.1) is 102 Å². The number of likely N-dealkylation sites (N-methyl/N-ethyl adjacent to an activating group) is 3. The number of hydrogen-bond donors (Lipinski definition) is 3. The summed E-state index contributed by atoms with van der Waals surface area (Å²) < 4.78 is 69.4. The van der Waals surface area contributed by atoms with E-state index in [0.29, 0.717) is 91.2 Å². The Morgan fingerprint density at radius 2 is 0.746 bits per heavy atom. The number of aliphatic hydroxyl groups is 3. The summed E-state index contributed by atoms with van der Waals surface area (Å²) in [5.41, 5.74) is 0. The molecule has 0 aliphatic rings. The van der Waals surface area contributed by atoms with Crippen LogP contribution in [0.5, 0.6) is 0 Å². The first-order chi connectivity index (χ1) is 28.7. The Kier molecular flexibility index (Phi) is 36.0. The molecular weight excluding hydrogens is 879 g/mol. The molecule has 0 heterocycles. The number of carbonyl (C=O) groups is 3. The normalized spacial score (nSPS) is 16.6. The van der Waals surface area contributed by atoms with Gasteiger partial charge in [0.15, 0.2) is 0 Å². The molecule has 0 aromatic carbocycles. The van der Waals surface area contributed by atoms with Crippen LogP contribution < -0.4 is 0 Å². The van der Waals surface area contributed by atoms with Crippen LogP contribution in [0.15, 0.2) is 12.2 Å². The van der Waals surface area contributed by atoms with Crippen molar-refractivity contribution >= 4 is 40.1 Å². The molecule has 0 spiro atoms. The smallest absolute Gasteiger partial charge is 0.327 e. The van der Waals surface area contributed by atoms with Crippen LogP contribution in [-0.2, 0) is 55.2 Å². The van der Waals surface area contributed by atoms with Crippen LogP contribution in [0.2, 0.25) is 0 Å². The number of rotatable bonds is 35. The van der Waals surface area contributed by atoms with Gasteiger partial charge in [-0.15, -0.1) is 0 Å². The van der Waals surface area contributed by atoms with Crippen LogP contribution in [-0.4, -0.2) is 207 Å². The summed E-state index contributed by atoms with van der Waals surface area (Å²) in [4.78, 5) is 33.8. The largest absolute Gasteiger partial charge is 0.391 e. The second kappa shape index (κ2) is 34.3. The van der Waals surface area contributed by atoms with Crippen molar-refractivity contribution in [2.75, 3.05) is 143 Å². The maximum absolute atomic E-state index is 12.1. The summed E-state index contributed by atoms with van der Waals surface area (Å²) in [6, 6.07) is 0. The van der Waals surface area contributed by atoms with E-state index < -0.39 is 41.1 Å². The SMILES string of the molecule is CC/C=C\CC(=O)CCC(O)COP(C)(=O)OCC[N+](C)(C)C.CCC(=O)CCC(O)COP(C)(=O)OCC[N+](C)(C)C.CCC(=O)CCC(O)COP(C)(=O)OCC[N+](C)(C)C. The minimum absolute atomic E-state index is 0.0743. The van der Waals surface area contributed by atoms with E-state index in [-0.39, 0.29) is 43.6 Å². The summed E-state index contributed by atoms with van der Waals surface area (Å²) in [5, 5.41) is 29.1. The number of aliphatic hydroxyl groups excluding tert-OH is 3. The molecule has 21 heteroatoms. The molecule has 0 radical (unpaired) electrons. The van der Waals surface area contributed by atoms with Crippen molar-refractivity contribution in [3.05, 3.63) is 12.2 Å². The van der Waals surface area contributed by atoms with Gasteiger partial charge >= 0.3 is 22.8 Å². The van der Waals surface area contributed by atoms with Crippen LogP contribution in [0.1, 0.15) is 85.0 Å². The molecule has 0 amide bonds. The Balaban J connectivity index is -0.000000860.